The molecule has 1 aromatic carbocycles. The molecule has 1 atom stereocenters. The predicted octanol–water partition coefficient (Wildman–Crippen LogP) is 4.72. The number of hydrogen-bond donors (Lipinski definition) is 1. The van der Waals surface area contributed by atoms with Crippen molar-refractivity contribution >= 4 is 11.8 Å². The summed E-state index contributed by atoms with van der Waals surface area (Å²) in [6, 6.07) is 10.2. The average Bonchev–Trinajstić information content (AvgIpc) is 3.55. The van der Waals surface area contributed by atoms with E-state index in [0.29, 0.717) is 38.4 Å². The lowest BCUT2D eigenvalue weighted by Gasteiger charge is -2.37. The highest BCUT2D eigenvalue weighted by Gasteiger charge is 2.52. The SMILES string of the molecule is CCOC1(OCC)CCN(CCC(=O)C2(c3ccccc3)CC2)[C@H]1CC=CCCCC(=O)O. The van der Waals surface area contributed by atoms with Gasteiger partial charge in [0.1, 0.15) is 5.78 Å². The Morgan fingerprint density at radius 3 is 2.36 bits per heavy atom. The number of carbonyl (C=O) groups excluding carboxylic acids is 1. The van der Waals surface area contributed by atoms with Crippen LogP contribution < -0.4 is 0 Å². The molecule has 6 nitrogen and oxygen atoms in total. The Morgan fingerprint density at radius 2 is 1.76 bits per heavy atom. The van der Waals surface area contributed by atoms with E-state index in [-0.39, 0.29) is 17.9 Å². The van der Waals surface area contributed by atoms with Gasteiger partial charge in [0.25, 0.3) is 0 Å². The molecule has 1 heterocycles. The number of aliphatic carboxylic acids is 1. The fourth-order valence-corrected chi connectivity index (χ4v) is 5.17. The molecule has 2 aliphatic rings. The van der Waals surface area contributed by atoms with E-state index in [4.69, 9.17) is 14.6 Å². The number of unbranched alkanes of at least 4 members (excludes halogenated alkanes) is 1. The minimum absolute atomic E-state index is 0.0350. The first-order valence-corrected chi connectivity index (χ1v) is 12.4. The van der Waals surface area contributed by atoms with Crippen LogP contribution in [0.25, 0.3) is 0 Å². The summed E-state index contributed by atoms with van der Waals surface area (Å²) in [5, 5.41) is 8.81. The number of ketones is 1. The fourth-order valence-electron chi connectivity index (χ4n) is 5.17. The van der Waals surface area contributed by atoms with Crippen molar-refractivity contribution < 1.29 is 24.2 Å². The van der Waals surface area contributed by atoms with Crippen molar-refractivity contribution in [2.75, 3.05) is 26.3 Å². The number of likely N-dealkylation sites (tertiary alicyclic amines) is 1. The van der Waals surface area contributed by atoms with E-state index < -0.39 is 11.8 Å². The van der Waals surface area contributed by atoms with Crippen molar-refractivity contribution in [3.05, 3.63) is 48.0 Å². The molecular formula is C27H39NO5. The van der Waals surface area contributed by atoms with Crippen LogP contribution in [0.4, 0.5) is 0 Å². The van der Waals surface area contributed by atoms with Crippen LogP contribution in [-0.4, -0.2) is 59.9 Å². The molecule has 0 spiro atoms. The number of carbonyl (C=O) groups is 2. The van der Waals surface area contributed by atoms with E-state index in [0.717, 1.165) is 44.2 Å². The lowest BCUT2D eigenvalue weighted by Crippen LogP contribution is -2.49. The number of carboxylic acid groups (broad SMARTS) is 1. The van der Waals surface area contributed by atoms with Crippen molar-refractivity contribution in [1.29, 1.82) is 0 Å². The summed E-state index contributed by atoms with van der Waals surface area (Å²) in [5.41, 5.74) is 0.868. The highest BCUT2D eigenvalue weighted by atomic mass is 16.7. The van der Waals surface area contributed by atoms with Gasteiger partial charge in [0.05, 0.1) is 11.5 Å². The van der Waals surface area contributed by atoms with Crippen LogP contribution in [0.5, 0.6) is 0 Å². The normalized spacial score (nSPS) is 21.5. The van der Waals surface area contributed by atoms with Crippen LogP contribution in [0, 0.1) is 0 Å². The van der Waals surface area contributed by atoms with Gasteiger partial charge < -0.3 is 14.6 Å². The molecule has 33 heavy (non-hydrogen) atoms. The van der Waals surface area contributed by atoms with Crippen LogP contribution in [0.15, 0.2) is 42.5 Å². The molecular weight excluding hydrogens is 418 g/mol. The molecule has 1 N–H and O–H groups in total. The maximum Gasteiger partial charge on any atom is 0.303 e. The molecule has 0 unspecified atom stereocenters. The van der Waals surface area contributed by atoms with E-state index >= 15 is 0 Å². The number of Topliss-reactive ketones (excluding diaryl/α,β-unsaturated/α-hetero) is 1. The molecule has 1 aliphatic carbocycles. The van der Waals surface area contributed by atoms with Crippen molar-refractivity contribution in [1.82, 2.24) is 4.90 Å². The van der Waals surface area contributed by atoms with Gasteiger partial charge >= 0.3 is 5.97 Å². The summed E-state index contributed by atoms with van der Waals surface area (Å²) >= 11 is 0. The predicted molar refractivity (Wildman–Crippen MR) is 128 cm³/mol. The van der Waals surface area contributed by atoms with Gasteiger partial charge in [-0.3, -0.25) is 14.5 Å². The molecule has 0 aromatic heterocycles. The minimum atomic E-state index is -0.759. The van der Waals surface area contributed by atoms with Crippen LogP contribution in [0.1, 0.15) is 70.8 Å². The van der Waals surface area contributed by atoms with Crippen molar-refractivity contribution in [2.45, 2.75) is 82.5 Å². The largest absolute Gasteiger partial charge is 0.481 e. The highest BCUT2D eigenvalue weighted by Crippen LogP contribution is 2.49. The second-order valence-corrected chi connectivity index (χ2v) is 9.09. The Bertz CT molecular complexity index is 796. The summed E-state index contributed by atoms with van der Waals surface area (Å²) in [7, 11) is 0. The van der Waals surface area contributed by atoms with Crippen LogP contribution in [0.2, 0.25) is 0 Å². The van der Waals surface area contributed by atoms with E-state index in [2.05, 4.69) is 29.2 Å². The Balaban J connectivity index is 1.64. The topological polar surface area (TPSA) is 76.1 Å². The van der Waals surface area contributed by atoms with Crippen molar-refractivity contribution in [2.24, 2.45) is 0 Å². The fraction of sp³-hybridized carbons (Fsp3) is 0.630. The monoisotopic (exact) mass is 457 g/mol. The van der Waals surface area contributed by atoms with Gasteiger partial charge in [-0.05, 0) is 51.5 Å². The number of benzene rings is 1. The molecule has 0 bridgehead atoms. The second-order valence-electron chi connectivity index (χ2n) is 9.09. The smallest absolute Gasteiger partial charge is 0.303 e. The Morgan fingerprint density at radius 1 is 1.06 bits per heavy atom. The number of ether oxygens (including phenoxy) is 2. The molecule has 1 aromatic rings. The molecule has 2 fully saturated rings. The Labute approximate surface area is 197 Å². The molecule has 1 saturated heterocycles. The van der Waals surface area contributed by atoms with Crippen molar-refractivity contribution in [3.8, 4) is 0 Å². The first-order valence-electron chi connectivity index (χ1n) is 12.4. The minimum Gasteiger partial charge on any atom is -0.481 e. The van der Waals surface area contributed by atoms with Gasteiger partial charge in [-0.25, -0.2) is 0 Å². The van der Waals surface area contributed by atoms with Crippen molar-refractivity contribution in [3.63, 3.8) is 0 Å². The standard InChI is InChI=1S/C27H39NO5/c1-3-32-27(33-4-2)19-21-28(23(27)14-10-5-6-11-15-25(30)31)20-16-24(29)26(17-18-26)22-12-8-7-9-13-22/h5,7-10,12-13,23H,3-4,6,11,14-21H2,1-2H3,(H,30,31)/t23-/m0/s1. The maximum atomic E-state index is 13.2. The van der Waals surface area contributed by atoms with Crippen LogP contribution >= 0.6 is 0 Å². The second kappa shape index (κ2) is 11.9. The number of allylic oxidation sites excluding steroid dienone is 1. The molecule has 0 amide bonds. The molecule has 182 valence electrons. The zero-order valence-corrected chi connectivity index (χ0v) is 20.1. The van der Waals surface area contributed by atoms with Gasteiger partial charge in [0, 0.05) is 45.6 Å². The first kappa shape index (κ1) is 25.6. The summed E-state index contributed by atoms with van der Waals surface area (Å²) in [6.45, 7) is 6.66. The third-order valence-electron chi connectivity index (χ3n) is 7.00. The van der Waals surface area contributed by atoms with Gasteiger partial charge in [0.2, 0.25) is 0 Å². The molecule has 1 saturated carbocycles. The van der Waals surface area contributed by atoms with Gasteiger partial charge in [0.15, 0.2) is 5.79 Å². The van der Waals surface area contributed by atoms with Gasteiger partial charge in [-0.2, -0.15) is 0 Å². The average molecular weight is 458 g/mol. The van der Waals surface area contributed by atoms with E-state index in [1.165, 1.54) is 0 Å². The number of rotatable bonds is 15. The number of hydrogen-bond acceptors (Lipinski definition) is 5. The highest BCUT2D eigenvalue weighted by molar-refractivity contribution is 5.93. The summed E-state index contributed by atoms with van der Waals surface area (Å²) < 4.78 is 12.4. The first-order chi connectivity index (χ1) is 16.0. The van der Waals surface area contributed by atoms with Crippen LogP contribution in [0.3, 0.4) is 0 Å². The molecule has 1 aliphatic heterocycles. The summed E-state index contributed by atoms with van der Waals surface area (Å²) in [5.74, 6) is -1.08. The molecule has 3 rings (SSSR count). The van der Waals surface area contributed by atoms with E-state index in [1.807, 2.05) is 32.0 Å². The third kappa shape index (κ3) is 6.31. The maximum absolute atomic E-state index is 13.2. The van der Waals surface area contributed by atoms with Gasteiger partial charge in [-0.1, -0.05) is 42.5 Å². The Kier molecular flexibility index (Phi) is 9.24. The lowest BCUT2D eigenvalue weighted by atomic mass is 9.89. The quantitative estimate of drug-likeness (QED) is 0.233. The number of nitrogens with zero attached hydrogens (tertiary/aromatic N) is 1. The molecule has 0 radical (unpaired) electrons. The number of carboxylic acids is 1. The lowest BCUT2D eigenvalue weighted by molar-refractivity contribution is -0.244. The van der Waals surface area contributed by atoms with E-state index in [9.17, 15) is 9.59 Å². The van der Waals surface area contributed by atoms with E-state index in [1.54, 1.807) is 0 Å². The summed E-state index contributed by atoms with van der Waals surface area (Å²) in [4.78, 5) is 26.3. The zero-order chi connectivity index (χ0) is 23.7. The third-order valence-corrected chi connectivity index (χ3v) is 7.00. The van der Waals surface area contributed by atoms with Gasteiger partial charge in [-0.15, -0.1) is 0 Å². The summed E-state index contributed by atoms with van der Waals surface area (Å²) in [6.07, 6.45) is 9.70. The zero-order valence-electron chi connectivity index (χ0n) is 20.1. The van der Waals surface area contributed by atoms with Crippen LogP contribution in [-0.2, 0) is 24.5 Å². The molecule has 6 heteroatoms. The Hall–Kier alpha value is -2.02.